The lowest BCUT2D eigenvalue weighted by molar-refractivity contribution is 0.418. The zero-order valence-corrected chi connectivity index (χ0v) is 12.3. The van der Waals surface area contributed by atoms with E-state index in [2.05, 4.69) is 17.9 Å². The van der Waals surface area contributed by atoms with Crippen molar-refractivity contribution in [3.63, 3.8) is 0 Å². The number of hydrogen-bond donors (Lipinski definition) is 5. The van der Waals surface area contributed by atoms with E-state index in [1.807, 2.05) is 35.7 Å². The summed E-state index contributed by atoms with van der Waals surface area (Å²) in [5, 5.41) is 21.9. The number of rotatable bonds is 5. The van der Waals surface area contributed by atoms with E-state index in [4.69, 9.17) is 11.1 Å². The van der Waals surface area contributed by atoms with Crippen LogP contribution in [-0.4, -0.2) is 16.7 Å². The monoisotopic (exact) mass is 305 g/mol. The smallest absolute Gasteiger partial charge is 0.185 e. The van der Waals surface area contributed by atoms with Gasteiger partial charge in [-0.05, 0) is 40.8 Å². The van der Waals surface area contributed by atoms with Gasteiger partial charge >= 0.3 is 0 Å². The number of thiophene rings is 1. The van der Waals surface area contributed by atoms with Crippen LogP contribution in [0.4, 0.5) is 5.69 Å². The Labute approximate surface area is 126 Å². The molecule has 0 aliphatic carbocycles. The molecule has 0 bridgehead atoms. The van der Waals surface area contributed by atoms with Gasteiger partial charge in [0.1, 0.15) is 5.84 Å². The summed E-state index contributed by atoms with van der Waals surface area (Å²) in [5.41, 5.74) is 8.25. The standard InChI is InChI=1S/C14H15N3OS2/c15-14(16)12-7-10(8-20-12)9-2-1-3-11(6-9)17-13(18)4-5-19/h1-4,6-8,17-19H,5H2,(H3,15,16)/b13-4-. The summed E-state index contributed by atoms with van der Waals surface area (Å²) in [7, 11) is 0. The highest BCUT2D eigenvalue weighted by molar-refractivity contribution is 7.80. The van der Waals surface area contributed by atoms with E-state index in [-0.39, 0.29) is 11.7 Å². The summed E-state index contributed by atoms with van der Waals surface area (Å²) in [5.74, 6) is 0.613. The molecular formula is C14H15N3OS2. The molecule has 0 unspecified atom stereocenters. The molecule has 1 aromatic carbocycles. The first-order valence-corrected chi connectivity index (χ1v) is 7.41. The predicted molar refractivity (Wildman–Crippen MR) is 89.0 cm³/mol. The molecule has 1 heterocycles. The minimum Gasteiger partial charge on any atom is -0.495 e. The van der Waals surface area contributed by atoms with Gasteiger partial charge in [-0.1, -0.05) is 12.1 Å². The molecule has 0 saturated carbocycles. The van der Waals surface area contributed by atoms with Crippen molar-refractivity contribution in [1.29, 1.82) is 5.41 Å². The van der Waals surface area contributed by atoms with Crippen LogP contribution in [0.2, 0.25) is 0 Å². The average Bonchev–Trinajstić information content (AvgIpc) is 2.89. The molecule has 1 aromatic heterocycles. The highest BCUT2D eigenvalue weighted by Crippen LogP contribution is 2.27. The van der Waals surface area contributed by atoms with Gasteiger partial charge in [0.15, 0.2) is 5.88 Å². The van der Waals surface area contributed by atoms with Crippen molar-refractivity contribution < 1.29 is 5.11 Å². The van der Waals surface area contributed by atoms with Gasteiger partial charge in [0.2, 0.25) is 0 Å². The zero-order valence-electron chi connectivity index (χ0n) is 10.6. The van der Waals surface area contributed by atoms with E-state index in [1.165, 1.54) is 11.3 Å². The number of nitrogens with two attached hydrogens (primary N) is 1. The quantitative estimate of drug-likeness (QED) is 0.254. The molecule has 4 nitrogen and oxygen atoms in total. The second kappa shape index (κ2) is 6.49. The van der Waals surface area contributed by atoms with Crippen LogP contribution in [0.3, 0.4) is 0 Å². The molecule has 0 amide bonds. The Morgan fingerprint density at radius 3 is 2.85 bits per heavy atom. The first kappa shape index (κ1) is 14.5. The predicted octanol–water partition coefficient (Wildman–Crippen LogP) is 3.44. The lowest BCUT2D eigenvalue weighted by atomic mass is 10.1. The molecule has 0 fully saturated rings. The van der Waals surface area contributed by atoms with Gasteiger partial charge in [0.25, 0.3) is 0 Å². The molecule has 2 aromatic rings. The Hall–Kier alpha value is -1.92. The molecule has 0 saturated heterocycles. The maximum atomic E-state index is 9.60. The molecule has 104 valence electrons. The van der Waals surface area contributed by atoms with Crippen LogP contribution in [0, 0.1) is 5.41 Å². The third-order valence-corrected chi connectivity index (χ3v) is 3.76. The molecular weight excluding hydrogens is 290 g/mol. The number of nitrogens with one attached hydrogen (secondary N) is 2. The molecule has 0 aliphatic heterocycles. The lowest BCUT2D eigenvalue weighted by Crippen LogP contribution is -2.08. The summed E-state index contributed by atoms with van der Waals surface area (Å²) >= 11 is 5.46. The first-order valence-electron chi connectivity index (χ1n) is 5.90. The molecule has 0 aliphatic rings. The van der Waals surface area contributed by atoms with Gasteiger partial charge in [-0.15, -0.1) is 11.3 Å². The molecule has 0 spiro atoms. The average molecular weight is 305 g/mol. The van der Waals surface area contributed by atoms with E-state index in [0.717, 1.165) is 21.7 Å². The van der Waals surface area contributed by atoms with Crippen LogP contribution in [0.25, 0.3) is 11.1 Å². The van der Waals surface area contributed by atoms with Crippen molar-refractivity contribution in [2.75, 3.05) is 11.1 Å². The van der Waals surface area contributed by atoms with Crippen molar-refractivity contribution in [1.82, 2.24) is 0 Å². The van der Waals surface area contributed by atoms with Gasteiger partial charge in [-0.3, -0.25) is 5.41 Å². The maximum Gasteiger partial charge on any atom is 0.185 e. The second-order valence-electron chi connectivity index (χ2n) is 4.09. The number of amidine groups is 1. The van der Waals surface area contributed by atoms with E-state index in [9.17, 15) is 5.11 Å². The van der Waals surface area contributed by atoms with Crippen LogP contribution < -0.4 is 11.1 Å². The van der Waals surface area contributed by atoms with E-state index in [0.29, 0.717) is 5.75 Å². The maximum absolute atomic E-state index is 9.60. The molecule has 6 heteroatoms. The Balaban J connectivity index is 2.24. The molecule has 0 atom stereocenters. The second-order valence-corrected chi connectivity index (χ2v) is 5.37. The number of aliphatic hydroxyl groups excluding tert-OH is 1. The largest absolute Gasteiger partial charge is 0.495 e. The molecule has 2 rings (SSSR count). The van der Waals surface area contributed by atoms with E-state index >= 15 is 0 Å². The third kappa shape index (κ3) is 3.55. The van der Waals surface area contributed by atoms with Gasteiger partial charge in [0, 0.05) is 11.4 Å². The number of benzene rings is 1. The highest BCUT2D eigenvalue weighted by atomic mass is 32.1. The fourth-order valence-corrected chi connectivity index (χ4v) is 2.64. The van der Waals surface area contributed by atoms with E-state index < -0.39 is 0 Å². The summed E-state index contributed by atoms with van der Waals surface area (Å²) in [6, 6.07) is 9.54. The number of nitrogen functional groups attached to an aromatic ring is 1. The van der Waals surface area contributed by atoms with Crippen LogP contribution >= 0.6 is 24.0 Å². The van der Waals surface area contributed by atoms with Gasteiger partial charge in [-0.2, -0.15) is 12.6 Å². The number of aliphatic hydroxyl groups is 1. The SMILES string of the molecule is N=C(N)c1cc(-c2cccc(N/C(O)=C/CS)c2)cs1. The molecule has 5 N–H and O–H groups in total. The normalized spacial score (nSPS) is 11.3. The Morgan fingerprint density at radius 2 is 2.20 bits per heavy atom. The molecule has 20 heavy (non-hydrogen) atoms. The van der Waals surface area contributed by atoms with Gasteiger partial charge in [0.05, 0.1) is 4.88 Å². The number of thiol groups is 1. The van der Waals surface area contributed by atoms with Crippen LogP contribution in [-0.2, 0) is 0 Å². The van der Waals surface area contributed by atoms with Gasteiger partial charge in [-0.25, -0.2) is 0 Å². The minimum atomic E-state index is 0.0740. The number of anilines is 1. The highest BCUT2D eigenvalue weighted by Gasteiger charge is 2.05. The topological polar surface area (TPSA) is 82.1 Å². The molecule has 0 radical (unpaired) electrons. The van der Waals surface area contributed by atoms with Crippen LogP contribution in [0.1, 0.15) is 4.88 Å². The van der Waals surface area contributed by atoms with Crippen molar-refractivity contribution in [2.45, 2.75) is 0 Å². The third-order valence-electron chi connectivity index (χ3n) is 2.62. The van der Waals surface area contributed by atoms with Crippen molar-refractivity contribution >= 4 is 35.5 Å². The summed E-state index contributed by atoms with van der Waals surface area (Å²) in [6.45, 7) is 0. The fraction of sp³-hybridized carbons (Fsp3) is 0.0714. The Morgan fingerprint density at radius 1 is 1.40 bits per heavy atom. The van der Waals surface area contributed by atoms with E-state index in [1.54, 1.807) is 6.08 Å². The van der Waals surface area contributed by atoms with Crippen LogP contribution in [0.15, 0.2) is 47.7 Å². The summed E-state index contributed by atoms with van der Waals surface area (Å²) < 4.78 is 0. The van der Waals surface area contributed by atoms with Crippen LogP contribution in [0.5, 0.6) is 0 Å². The van der Waals surface area contributed by atoms with Crippen molar-refractivity contribution in [3.8, 4) is 11.1 Å². The summed E-state index contributed by atoms with van der Waals surface area (Å²) in [6.07, 6.45) is 1.58. The van der Waals surface area contributed by atoms with Crippen molar-refractivity contribution in [2.24, 2.45) is 5.73 Å². The van der Waals surface area contributed by atoms with Crippen molar-refractivity contribution in [3.05, 3.63) is 52.5 Å². The zero-order chi connectivity index (χ0) is 14.5. The Kier molecular flexibility index (Phi) is 4.70. The number of hydrogen-bond acceptors (Lipinski definition) is 5. The van der Waals surface area contributed by atoms with Gasteiger partial charge < -0.3 is 16.2 Å². The minimum absolute atomic E-state index is 0.0740. The lowest BCUT2D eigenvalue weighted by Gasteiger charge is -2.06. The summed E-state index contributed by atoms with van der Waals surface area (Å²) in [4.78, 5) is 0.746. The Bertz CT molecular complexity index is 649. The fourth-order valence-electron chi connectivity index (χ4n) is 1.69. The first-order chi connectivity index (χ1) is 9.60.